The first kappa shape index (κ1) is 22.5. The zero-order valence-electron chi connectivity index (χ0n) is 11.0. The van der Waals surface area contributed by atoms with Crippen LogP contribution in [0.1, 0.15) is 20.8 Å². The molecular formula is C10H20O9. The largest absolute Gasteiger partial charge is 0.481 e. The van der Waals surface area contributed by atoms with Crippen LogP contribution in [-0.2, 0) is 23.9 Å². The van der Waals surface area contributed by atoms with Gasteiger partial charge in [-0.1, -0.05) is 0 Å². The van der Waals surface area contributed by atoms with Crippen LogP contribution in [0.5, 0.6) is 0 Å². The number of hydrogen-bond acceptors (Lipinski definition) is 7. The first-order chi connectivity index (χ1) is 8.67. The molecular weight excluding hydrogens is 264 g/mol. The summed E-state index contributed by atoms with van der Waals surface area (Å²) < 4.78 is 9.10. The second-order valence-corrected chi connectivity index (χ2v) is 2.95. The van der Waals surface area contributed by atoms with Crippen molar-refractivity contribution in [2.24, 2.45) is 0 Å². The Bertz CT molecular complexity index is 227. The predicted octanol–water partition coefficient (Wildman–Crippen LogP) is -0.941. The molecule has 0 amide bonds. The van der Waals surface area contributed by atoms with E-state index in [4.69, 9.17) is 34.8 Å². The Morgan fingerprint density at radius 1 is 0.947 bits per heavy atom. The van der Waals surface area contributed by atoms with Gasteiger partial charge in [-0.05, 0) is 0 Å². The number of carboxylic acids is 2. The van der Waals surface area contributed by atoms with Crippen LogP contribution >= 0.6 is 0 Å². The van der Waals surface area contributed by atoms with Gasteiger partial charge in [0.05, 0.1) is 13.2 Å². The standard InChI is InChI=1S/C6H12O5.2C2H4O2/c1-5(9)10-4-11-6(2-7)3-8;2*1-2(3)4/h6-8H,2-4H2,1H3;2*1H3,(H,3,4). The third-order valence-electron chi connectivity index (χ3n) is 0.973. The third kappa shape index (κ3) is 48.4. The molecule has 0 aliphatic heterocycles. The molecule has 0 aromatic carbocycles. The Labute approximate surface area is 110 Å². The number of aliphatic hydroxyl groups is 2. The van der Waals surface area contributed by atoms with Crippen molar-refractivity contribution in [3.63, 3.8) is 0 Å². The van der Waals surface area contributed by atoms with Gasteiger partial charge in [0, 0.05) is 20.8 Å². The molecule has 9 heteroatoms. The lowest BCUT2D eigenvalue weighted by molar-refractivity contribution is -0.162. The smallest absolute Gasteiger partial charge is 0.304 e. The number of esters is 1. The summed E-state index contributed by atoms with van der Waals surface area (Å²) in [6.45, 7) is 2.59. The number of aliphatic carboxylic acids is 2. The minimum absolute atomic E-state index is 0.235. The highest BCUT2D eigenvalue weighted by Crippen LogP contribution is 1.89. The van der Waals surface area contributed by atoms with E-state index >= 15 is 0 Å². The summed E-state index contributed by atoms with van der Waals surface area (Å²) in [5, 5.41) is 31.8. The normalized spacial score (nSPS) is 8.53. The van der Waals surface area contributed by atoms with Gasteiger partial charge in [0.1, 0.15) is 6.10 Å². The van der Waals surface area contributed by atoms with Crippen LogP contribution in [0.15, 0.2) is 0 Å². The number of aliphatic hydroxyl groups excluding tert-OH is 2. The molecule has 0 saturated heterocycles. The molecule has 0 aromatic rings. The Kier molecular flexibility index (Phi) is 19.3. The molecule has 0 atom stereocenters. The van der Waals surface area contributed by atoms with Gasteiger partial charge in [-0.3, -0.25) is 14.4 Å². The van der Waals surface area contributed by atoms with E-state index in [2.05, 4.69) is 4.74 Å². The number of carbonyl (C=O) groups excluding carboxylic acids is 1. The fraction of sp³-hybridized carbons (Fsp3) is 0.700. The maximum atomic E-state index is 10.2. The van der Waals surface area contributed by atoms with Crippen LogP contribution in [-0.4, -0.2) is 64.4 Å². The van der Waals surface area contributed by atoms with E-state index in [1.165, 1.54) is 6.92 Å². The fourth-order valence-corrected chi connectivity index (χ4v) is 0.376. The monoisotopic (exact) mass is 284 g/mol. The highest BCUT2D eigenvalue weighted by molar-refractivity contribution is 5.65. The fourth-order valence-electron chi connectivity index (χ4n) is 0.376. The SMILES string of the molecule is CC(=O)O.CC(=O)O.CC(=O)OCOC(CO)CO. The van der Waals surface area contributed by atoms with Crippen molar-refractivity contribution in [1.29, 1.82) is 0 Å². The minimum atomic E-state index is -0.833. The van der Waals surface area contributed by atoms with Crippen LogP contribution in [0.4, 0.5) is 0 Å². The summed E-state index contributed by atoms with van der Waals surface area (Å²) in [4.78, 5) is 28.2. The maximum absolute atomic E-state index is 10.2. The van der Waals surface area contributed by atoms with Crippen LogP contribution in [0.2, 0.25) is 0 Å². The van der Waals surface area contributed by atoms with Crippen molar-refractivity contribution < 1.29 is 44.3 Å². The van der Waals surface area contributed by atoms with Gasteiger partial charge in [0.15, 0.2) is 6.79 Å². The molecule has 0 fully saturated rings. The lowest BCUT2D eigenvalue weighted by Gasteiger charge is -2.11. The minimum Gasteiger partial charge on any atom is -0.481 e. The van der Waals surface area contributed by atoms with Crippen molar-refractivity contribution >= 4 is 17.9 Å². The first-order valence-corrected chi connectivity index (χ1v) is 5.03. The molecule has 0 saturated carbocycles. The van der Waals surface area contributed by atoms with Gasteiger partial charge in [-0.15, -0.1) is 0 Å². The van der Waals surface area contributed by atoms with Crippen LogP contribution in [0.3, 0.4) is 0 Å². The van der Waals surface area contributed by atoms with E-state index in [-0.39, 0.29) is 20.0 Å². The van der Waals surface area contributed by atoms with Gasteiger partial charge in [0.2, 0.25) is 0 Å². The summed E-state index contributed by atoms with van der Waals surface area (Å²) in [6.07, 6.45) is -0.672. The quantitative estimate of drug-likeness (QED) is 0.370. The highest BCUT2D eigenvalue weighted by atomic mass is 16.7. The molecule has 0 aliphatic rings. The second kappa shape index (κ2) is 16.3. The van der Waals surface area contributed by atoms with Crippen molar-refractivity contribution in [2.75, 3.05) is 20.0 Å². The van der Waals surface area contributed by atoms with E-state index in [1.54, 1.807) is 0 Å². The van der Waals surface area contributed by atoms with E-state index < -0.39 is 24.0 Å². The van der Waals surface area contributed by atoms with E-state index in [1.807, 2.05) is 0 Å². The molecule has 0 unspecified atom stereocenters. The van der Waals surface area contributed by atoms with E-state index in [0.717, 1.165) is 13.8 Å². The molecule has 114 valence electrons. The number of hydrogen-bond donors (Lipinski definition) is 4. The summed E-state index contributed by atoms with van der Waals surface area (Å²) in [6, 6.07) is 0. The lowest BCUT2D eigenvalue weighted by Crippen LogP contribution is -2.23. The number of rotatable bonds is 5. The van der Waals surface area contributed by atoms with Crippen molar-refractivity contribution in [3.8, 4) is 0 Å². The average molecular weight is 284 g/mol. The molecule has 19 heavy (non-hydrogen) atoms. The molecule has 0 bridgehead atoms. The Balaban J connectivity index is -0.000000264. The van der Waals surface area contributed by atoms with Gasteiger partial charge >= 0.3 is 5.97 Å². The summed E-state index contributed by atoms with van der Waals surface area (Å²) in [5.41, 5.74) is 0. The molecule has 0 rings (SSSR count). The topological polar surface area (TPSA) is 151 Å². The summed E-state index contributed by atoms with van der Waals surface area (Å²) in [5.74, 6) is -2.13. The molecule has 0 spiro atoms. The summed E-state index contributed by atoms with van der Waals surface area (Å²) >= 11 is 0. The predicted molar refractivity (Wildman–Crippen MR) is 62.3 cm³/mol. The van der Waals surface area contributed by atoms with Crippen molar-refractivity contribution in [3.05, 3.63) is 0 Å². The molecule has 0 heterocycles. The van der Waals surface area contributed by atoms with Crippen LogP contribution in [0.25, 0.3) is 0 Å². The second-order valence-electron chi connectivity index (χ2n) is 2.95. The maximum Gasteiger partial charge on any atom is 0.304 e. The highest BCUT2D eigenvalue weighted by Gasteiger charge is 2.05. The molecule has 0 radical (unpaired) electrons. The zero-order chi connectivity index (χ0) is 15.8. The number of carbonyl (C=O) groups is 3. The molecule has 9 nitrogen and oxygen atoms in total. The lowest BCUT2D eigenvalue weighted by atomic mass is 10.4. The van der Waals surface area contributed by atoms with Gasteiger partial charge in [-0.2, -0.15) is 0 Å². The van der Waals surface area contributed by atoms with Gasteiger partial charge in [0.25, 0.3) is 11.9 Å². The first-order valence-electron chi connectivity index (χ1n) is 5.03. The van der Waals surface area contributed by atoms with Crippen molar-refractivity contribution in [2.45, 2.75) is 26.9 Å². The van der Waals surface area contributed by atoms with Gasteiger partial charge in [-0.25, -0.2) is 0 Å². The number of carboxylic acid groups (broad SMARTS) is 2. The van der Waals surface area contributed by atoms with E-state index in [9.17, 15) is 4.79 Å². The Hall–Kier alpha value is -1.71. The van der Waals surface area contributed by atoms with Crippen LogP contribution < -0.4 is 0 Å². The average Bonchev–Trinajstić information content (AvgIpc) is 2.22. The molecule has 0 aliphatic carbocycles. The molecule has 0 aromatic heterocycles. The van der Waals surface area contributed by atoms with E-state index in [0.29, 0.717) is 0 Å². The molecule has 4 N–H and O–H groups in total. The number of ether oxygens (including phenoxy) is 2. The Morgan fingerprint density at radius 3 is 1.47 bits per heavy atom. The van der Waals surface area contributed by atoms with Crippen molar-refractivity contribution in [1.82, 2.24) is 0 Å². The third-order valence-corrected chi connectivity index (χ3v) is 0.973. The zero-order valence-corrected chi connectivity index (χ0v) is 11.0. The Morgan fingerprint density at radius 2 is 1.26 bits per heavy atom. The van der Waals surface area contributed by atoms with Gasteiger partial charge < -0.3 is 29.9 Å². The summed E-state index contributed by atoms with van der Waals surface area (Å²) in [7, 11) is 0. The van der Waals surface area contributed by atoms with Crippen LogP contribution in [0, 0.1) is 0 Å².